The fraction of sp³-hybridized carbons (Fsp3) is 0.417. The maximum Gasteiger partial charge on any atom is 0.254 e. The van der Waals surface area contributed by atoms with Gasteiger partial charge in [-0.15, -0.1) is 0 Å². The predicted octanol–water partition coefficient (Wildman–Crippen LogP) is 4.51. The van der Waals surface area contributed by atoms with Gasteiger partial charge >= 0.3 is 0 Å². The fourth-order valence-corrected chi connectivity index (χ4v) is 3.30. The molecule has 162 valence electrons. The van der Waals surface area contributed by atoms with E-state index in [9.17, 15) is 9.59 Å². The van der Waals surface area contributed by atoms with Crippen LogP contribution in [0.2, 0.25) is 0 Å². The standard InChI is InChI=1S/C24H32N2O4/c1-7-11-30-20-10-9-19(14-21(20)29-8-2)24(28)26(6)15-22(27)25-23-17(4)12-16(3)13-18(23)5/h9-10,12-14H,7-8,11,15H2,1-6H3,(H,25,27). The van der Waals surface area contributed by atoms with Crippen molar-refractivity contribution in [3.05, 3.63) is 52.6 Å². The van der Waals surface area contributed by atoms with Crippen molar-refractivity contribution in [2.75, 3.05) is 32.1 Å². The number of carbonyl (C=O) groups is 2. The number of nitrogens with zero attached hydrogens (tertiary/aromatic N) is 1. The Labute approximate surface area is 179 Å². The molecule has 0 spiro atoms. The first-order valence-electron chi connectivity index (χ1n) is 10.3. The van der Waals surface area contributed by atoms with Gasteiger partial charge in [-0.05, 0) is 63.4 Å². The van der Waals surface area contributed by atoms with E-state index in [1.54, 1.807) is 25.2 Å². The average molecular weight is 413 g/mol. The highest BCUT2D eigenvalue weighted by Crippen LogP contribution is 2.29. The van der Waals surface area contributed by atoms with Gasteiger partial charge in [-0.2, -0.15) is 0 Å². The lowest BCUT2D eigenvalue weighted by atomic mass is 10.1. The number of aryl methyl sites for hydroxylation is 3. The van der Waals surface area contributed by atoms with Crippen molar-refractivity contribution < 1.29 is 19.1 Å². The minimum absolute atomic E-state index is 0.0519. The summed E-state index contributed by atoms with van der Waals surface area (Å²) in [6.45, 7) is 10.8. The molecule has 0 aliphatic carbocycles. The SMILES string of the molecule is CCCOc1ccc(C(=O)N(C)CC(=O)Nc2c(C)cc(C)cc2C)cc1OCC. The first kappa shape index (κ1) is 23.3. The first-order chi connectivity index (χ1) is 14.3. The maximum absolute atomic E-state index is 12.8. The lowest BCUT2D eigenvalue weighted by Crippen LogP contribution is -2.35. The Hall–Kier alpha value is -3.02. The number of anilines is 1. The van der Waals surface area contributed by atoms with Crippen LogP contribution < -0.4 is 14.8 Å². The highest BCUT2D eigenvalue weighted by atomic mass is 16.5. The summed E-state index contributed by atoms with van der Waals surface area (Å²) in [7, 11) is 1.61. The second-order valence-corrected chi connectivity index (χ2v) is 7.43. The van der Waals surface area contributed by atoms with Gasteiger partial charge in [0.15, 0.2) is 11.5 Å². The van der Waals surface area contributed by atoms with Crippen LogP contribution in [-0.4, -0.2) is 43.5 Å². The molecule has 0 saturated heterocycles. The highest BCUT2D eigenvalue weighted by molar-refractivity contribution is 6.00. The van der Waals surface area contributed by atoms with E-state index >= 15 is 0 Å². The zero-order valence-corrected chi connectivity index (χ0v) is 18.8. The quantitative estimate of drug-likeness (QED) is 0.658. The third-order valence-electron chi connectivity index (χ3n) is 4.62. The van der Waals surface area contributed by atoms with Gasteiger partial charge in [0, 0.05) is 18.3 Å². The highest BCUT2D eigenvalue weighted by Gasteiger charge is 2.18. The van der Waals surface area contributed by atoms with E-state index in [2.05, 4.69) is 5.32 Å². The van der Waals surface area contributed by atoms with Gasteiger partial charge in [-0.25, -0.2) is 0 Å². The van der Waals surface area contributed by atoms with E-state index in [1.807, 2.05) is 46.8 Å². The second kappa shape index (κ2) is 10.7. The molecule has 2 rings (SSSR count). The van der Waals surface area contributed by atoms with Crippen LogP contribution in [0.4, 0.5) is 5.69 Å². The number of carbonyl (C=O) groups excluding carboxylic acids is 2. The summed E-state index contributed by atoms with van der Waals surface area (Å²) in [4.78, 5) is 26.8. The molecule has 6 heteroatoms. The van der Waals surface area contributed by atoms with Gasteiger partial charge in [0.25, 0.3) is 5.91 Å². The monoisotopic (exact) mass is 412 g/mol. The van der Waals surface area contributed by atoms with Crippen molar-refractivity contribution in [3.8, 4) is 11.5 Å². The van der Waals surface area contributed by atoms with Crippen LogP contribution in [0.3, 0.4) is 0 Å². The molecule has 0 aliphatic heterocycles. The molecule has 1 N–H and O–H groups in total. The van der Waals surface area contributed by atoms with Crippen LogP contribution in [-0.2, 0) is 4.79 Å². The molecule has 6 nitrogen and oxygen atoms in total. The number of rotatable bonds is 9. The number of hydrogen-bond acceptors (Lipinski definition) is 4. The Morgan fingerprint density at radius 3 is 2.23 bits per heavy atom. The van der Waals surface area contributed by atoms with Gasteiger partial charge in [0.05, 0.1) is 19.8 Å². The molecular weight excluding hydrogens is 380 g/mol. The van der Waals surface area contributed by atoms with E-state index < -0.39 is 0 Å². The van der Waals surface area contributed by atoms with Gasteiger partial charge in [-0.3, -0.25) is 9.59 Å². The van der Waals surface area contributed by atoms with Crippen molar-refractivity contribution in [3.63, 3.8) is 0 Å². The molecule has 2 aromatic carbocycles. The van der Waals surface area contributed by atoms with Crippen molar-refractivity contribution in [1.29, 1.82) is 0 Å². The molecule has 0 fully saturated rings. The van der Waals surface area contributed by atoms with Crippen molar-refractivity contribution in [2.24, 2.45) is 0 Å². The van der Waals surface area contributed by atoms with E-state index in [-0.39, 0.29) is 18.4 Å². The van der Waals surface area contributed by atoms with Crippen molar-refractivity contribution >= 4 is 17.5 Å². The normalized spacial score (nSPS) is 10.5. The van der Waals surface area contributed by atoms with E-state index in [4.69, 9.17) is 9.47 Å². The fourth-order valence-electron chi connectivity index (χ4n) is 3.30. The second-order valence-electron chi connectivity index (χ2n) is 7.43. The number of nitrogens with one attached hydrogen (secondary N) is 1. The molecule has 0 aromatic heterocycles. The topological polar surface area (TPSA) is 67.9 Å². The predicted molar refractivity (Wildman–Crippen MR) is 120 cm³/mol. The van der Waals surface area contributed by atoms with Crippen LogP contribution in [0.5, 0.6) is 11.5 Å². The van der Waals surface area contributed by atoms with E-state index in [0.717, 1.165) is 28.8 Å². The van der Waals surface area contributed by atoms with Gasteiger partial charge in [-0.1, -0.05) is 24.6 Å². The number of ether oxygens (including phenoxy) is 2. The molecule has 0 radical (unpaired) electrons. The van der Waals surface area contributed by atoms with Crippen LogP contribution in [0.1, 0.15) is 47.3 Å². The Morgan fingerprint density at radius 2 is 1.63 bits per heavy atom. The molecule has 2 aromatic rings. The van der Waals surface area contributed by atoms with Crippen LogP contribution in [0.25, 0.3) is 0 Å². The Kier molecular flexibility index (Phi) is 8.27. The summed E-state index contributed by atoms with van der Waals surface area (Å²) in [5.74, 6) is 0.640. The smallest absolute Gasteiger partial charge is 0.254 e. The van der Waals surface area contributed by atoms with Gasteiger partial charge in [0.1, 0.15) is 0 Å². The van der Waals surface area contributed by atoms with E-state index in [0.29, 0.717) is 30.3 Å². The summed E-state index contributed by atoms with van der Waals surface area (Å²) in [5, 5.41) is 2.93. The molecule has 0 bridgehead atoms. The first-order valence-corrected chi connectivity index (χ1v) is 10.3. The maximum atomic E-state index is 12.8. The van der Waals surface area contributed by atoms with Crippen LogP contribution in [0, 0.1) is 20.8 Å². The molecule has 0 heterocycles. The number of likely N-dealkylation sites (N-methyl/N-ethyl adjacent to an activating group) is 1. The summed E-state index contributed by atoms with van der Waals surface area (Å²) in [5.41, 5.74) is 4.38. The minimum atomic E-state index is -0.259. The summed E-state index contributed by atoms with van der Waals surface area (Å²) < 4.78 is 11.3. The van der Waals surface area contributed by atoms with Crippen molar-refractivity contribution in [2.45, 2.75) is 41.0 Å². The average Bonchev–Trinajstić information content (AvgIpc) is 2.69. The number of hydrogen-bond donors (Lipinski definition) is 1. The largest absolute Gasteiger partial charge is 0.490 e. The third-order valence-corrected chi connectivity index (χ3v) is 4.62. The molecule has 0 atom stereocenters. The van der Waals surface area contributed by atoms with E-state index in [1.165, 1.54) is 4.90 Å². The molecule has 30 heavy (non-hydrogen) atoms. The molecule has 0 saturated carbocycles. The van der Waals surface area contributed by atoms with Crippen molar-refractivity contribution in [1.82, 2.24) is 4.90 Å². The minimum Gasteiger partial charge on any atom is -0.490 e. The summed E-state index contributed by atoms with van der Waals surface area (Å²) in [6.07, 6.45) is 0.879. The molecule has 2 amide bonds. The zero-order valence-electron chi connectivity index (χ0n) is 18.8. The Morgan fingerprint density at radius 1 is 0.967 bits per heavy atom. The number of benzene rings is 2. The number of amides is 2. The lowest BCUT2D eigenvalue weighted by Gasteiger charge is -2.19. The lowest BCUT2D eigenvalue weighted by molar-refractivity contribution is -0.116. The molecule has 0 aliphatic rings. The Bertz CT molecular complexity index is 885. The Balaban J connectivity index is 2.09. The molecule has 0 unspecified atom stereocenters. The summed E-state index contributed by atoms with van der Waals surface area (Å²) in [6, 6.07) is 9.14. The van der Waals surface area contributed by atoms with Gasteiger partial charge in [0.2, 0.25) is 5.91 Å². The van der Waals surface area contributed by atoms with Crippen LogP contribution in [0.15, 0.2) is 30.3 Å². The zero-order chi connectivity index (χ0) is 22.3. The van der Waals surface area contributed by atoms with Crippen LogP contribution >= 0.6 is 0 Å². The summed E-state index contributed by atoms with van der Waals surface area (Å²) >= 11 is 0. The molecular formula is C24H32N2O4. The third kappa shape index (κ3) is 5.99. The van der Waals surface area contributed by atoms with Gasteiger partial charge < -0.3 is 19.7 Å².